The minimum absolute atomic E-state index is 0.0223. The first-order valence-corrected chi connectivity index (χ1v) is 12.2. The Labute approximate surface area is 193 Å². The lowest BCUT2D eigenvalue weighted by atomic mass is 10.1. The predicted molar refractivity (Wildman–Crippen MR) is 128 cm³/mol. The van der Waals surface area contributed by atoms with E-state index in [4.69, 9.17) is 9.47 Å². The van der Waals surface area contributed by atoms with Gasteiger partial charge in [0.2, 0.25) is 10.0 Å². The fourth-order valence-electron chi connectivity index (χ4n) is 3.23. The molecule has 9 nitrogen and oxygen atoms in total. The van der Waals surface area contributed by atoms with Crippen LogP contribution in [0.1, 0.15) is 30.9 Å². The Balaban J connectivity index is 2.12. The third kappa shape index (κ3) is 5.89. The number of sulfonamides is 1. The first-order chi connectivity index (χ1) is 15.6. The Hall–Kier alpha value is -3.40. The predicted octanol–water partition coefficient (Wildman–Crippen LogP) is 3.80. The molecule has 10 heteroatoms. The number of pyridine rings is 1. The summed E-state index contributed by atoms with van der Waals surface area (Å²) in [6.45, 7) is 5.72. The average molecular weight is 473 g/mol. The summed E-state index contributed by atoms with van der Waals surface area (Å²) in [7, 11) is -0.604. The van der Waals surface area contributed by atoms with Crippen molar-refractivity contribution in [2.75, 3.05) is 17.6 Å². The van der Waals surface area contributed by atoms with Gasteiger partial charge in [-0.15, -0.1) is 0 Å². The average Bonchev–Trinajstić information content (AvgIpc) is 2.76. The highest BCUT2D eigenvalue weighted by atomic mass is 32.2. The largest absolute Gasteiger partial charge is 0.491 e. The third-order valence-electron chi connectivity index (χ3n) is 5.00. The highest BCUT2D eigenvalue weighted by Crippen LogP contribution is 2.30. The molecule has 33 heavy (non-hydrogen) atoms. The Bertz CT molecular complexity index is 1300. The van der Waals surface area contributed by atoms with E-state index in [1.165, 1.54) is 17.7 Å². The van der Waals surface area contributed by atoms with Gasteiger partial charge >= 0.3 is 6.01 Å². The summed E-state index contributed by atoms with van der Waals surface area (Å²) in [6.07, 6.45) is 2.86. The number of nitrogens with zero attached hydrogens (tertiary/aromatic N) is 3. The Morgan fingerprint density at radius 3 is 2.45 bits per heavy atom. The van der Waals surface area contributed by atoms with Gasteiger partial charge in [0.25, 0.3) is 5.56 Å². The van der Waals surface area contributed by atoms with E-state index in [1.54, 1.807) is 19.3 Å². The van der Waals surface area contributed by atoms with E-state index >= 15 is 0 Å². The van der Waals surface area contributed by atoms with Crippen LogP contribution in [0.5, 0.6) is 17.5 Å². The molecule has 0 amide bonds. The van der Waals surface area contributed by atoms with Gasteiger partial charge in [-0.1, -0.05) is 31.5 Å². The van der Waals surface area contributed by atoms with Gasteiger partial charge in [-0.05, 0) is 37.5 Å². The molecular weight excluding hydrogens is 444 g/mol. The first-order valence-electron chi connectivity index (χ1n) is 10.5. The summed E-state index contributed by atoms with van der Waals surface area (Å²) in [4.78, 5) is 21.0. The summed E-state index contributed by atoms with van der Waals surface area (Å²) in [5.41, 5.74) is 2.38. The zero-order chi connectivity index (χ0) is 24.2. The van der Waals surface area contributed by atoms with Crippen molar-refractivity contribution in [3.8, 4) is 28.8 Å². The van der Waals surface area contributed by atoms with Gasteiger partial charge in [-0.3, -0.25) is 9.52 Å². The number of anilines is 1. The lowest BCUT2D eigenvalue weighted by molar-refractivity contribution is 0.405. The van der Waals surface area contributed by atoms with Crippen molar-refractivity contribution in [3.05, 3.63) is 58.0 Å². The molecule has 0 atom stereocenters. The molecule has 0 unspecified atom stereocenters. The van der Waals surface area contributed by atoms with E-state index in [2.05, 4.69) is 14.7 Å². The van der Waals surface area contributed by atoms with Crippen LogP contribution in [0.15, 0.2) is 41.3 Å². The number of para-hydroxylation sites is 1. The molecule has 0 aliphatic heterocycles. The summed E-state index contributed by atoms with van der Waals surface area (Å²) in [5, 5.41) is 0. The normalized spacial score (nSPS) is 11.3. The Kier molecular flexibility index (Phi) is 7.37. The molecule has 3 aromatic rings. The van der Waals surface area contributed by atoms with Crippen molar-refractivity contribution in [2.24, 2.45) is 7.05 Å². The number of hydrogen-bond acceptors (Lipinski definition) is 7. The smallest absolute Gasteiger partial charge is 0.324 e. The number of rotatable bonds is 9. The summed E-state index contributed by atoms with van der Waals surface area (Å²) in [5.74, 6) is 0.775. The highest BCUT2D eigenvalue weighted by molar-refractivity contribution is 7.92. The van der Waals surface area contributed by atoms with Gasteiger partial charge < -0.3 is 14.0 Å². The van der Waals surface area contributed by atoms with Crippen molar-refractivity contribution in [1.82, 2.24) is 14.5 Å². The molecule has 176 valence electrons. The molecule has 1 N–H and O–H groups in total. The zero-order valence-corrected chi connectivity index (χ0v) is 20.2. The Morgan fingerprint density at radius 1 is 1.12 bits per heavy atom. The van der Waals surface area contributed by atoms with Crippen LogP contribution in [-0.2, 0) is 17.1 Å². The lowest BCUT2D eigenvalue weighted by Gasteiger charge is -2.14. The quantitative estimate of drug-likeness (QED) is 0.504. The maximum absolute atomic E-state index is 12.5. The van der Waals surface area contributed by atoms with Crippen LogP contribution in [0.4, 0.5) is 5.82 Å². The van der Waals surface area contributed by atoms with Crippen LogP contribution in [0.3, 0.4) is 0 Å². The second kappa shape index (κ2) is 10.0. The van der Waals surface area contributed by atoms with Crippen LogP contribution in [0, 0.1) is 13.8 Å². The number of hydrogen-bond donors (Lipinski definition) is 1. The van der Waals surface area contributed by atoms with Crippen molar-refractivity contribution in [3.63, 3.8) is 0 Å². The zero-order valence-electron chi connectivity index (χ0n) is 19.4. The van der Waals surface area contributed by atoms with E-state index in [9.17, 15) is 13.2 Å². The molecule has 0 aliphatic carbocycles. The number of aromatic nitrogens is 3. The van der Waals surface area contributed by atoms with Gasteiger partial charge in [-0.2, -0.15) is 9.97 Å². The minimum atomic E-state index is -3.61. The number of methoxy groups -OCH3 is 1. The molecule has 2 heterocycles. The van der Waals surface area contributed by atoms with Gasteiger partial charge in [0.1, 0.15) is 11.6 Å². The fraction of sp³-hybridized carbons (Fsp3) is 0.348. The van der Waals surface area contributed by atoms with Gasteiger partial charge in [-0.25, -0.2) is 8.42 Å². The third-order valence-corrected chi connectivity index (χ3v) is 6.35. The second-order valence-electron chi connectivity index (χ2n) is 7.73. The van der Waals surface area contributed by atoms with Gasteiger partial charge in [0.15, 0.2) is 5.75 Å². The molecule has 1 aromatic carbocycles. The maximum Gasteiger partial charge on any atom is 0.324 e. The van der Waals surface area contributed by atoms with E-state index in [-0.39, 0.29) is 28.9 Å². The minimum Gasteiger partial charge on any atom is -0.491 e. The molecule has 3 rings (SSSR count). The van der Waals surface area contributed by atoms with E-state index in [1.807, 2.05) is 39.0 Å². The second-order valence-corrected chi connectivity index (χ2v) is 9.57. The van der Waals surface area contributed by atoms with E-state index < -0.39 is 10.0 Å². The number of unbranched alkanes of at least 4 members (excludes halogenated alkanes) is 1. The van der Waals surface area contributed by atoms with Gasteiger partial charge in [0, 0.05) is 24.9 Å². The van der Waals surface area contributed by atoms with Crippen molar-refractivity contribution < 1.29 is 17.9 Å². The summed E-state index contributed by atoms with van der Waals surface area (Å²) in [6, 6.07) is 8.74. The van der Waals surface area contributed by atoms with E-state index in [0.717, 1.165) is 17.5 Å². The molecule has 0 bridgehead atoms. The van der Waals surface area contributed by atoms with Crippen LogP contribution in [0.2, 0.25) is 0 Å². The SMILES string of the molecule is CCCCS(=O)(=O)Nc1cc(-c2cc(OC)c(=O)n(C)c2)nc(Oc2c(C)cccc2C)n1. The Morgan fingerprint density at radius 2 is 1.82 bits per heavy atom. The fourth-order valence-corrected chi connectivity index (χ4v) is 4.43. The number of aryl methyl sites for hydroxylation is 3. The lowest BCUT2D eigenvalue weighted by Crippen LogP contribution is -2.19. The molecule has 0 fully saturated rings. The van der Waals surface area contributed by atoms with Gasteiger partial charge in [0.05, 0.1) is 18.6 Å². The van der Waals surface area contributed by atoms with Crippen LogP contribution < -0.4 is 19.8 Å². The molecule has 0 spiro atoms. The molecule has 2 aromatic heterocycles. The number of ether oxygens (including phenoxy) is 2. The standard InChI is InChI=1S/C23H28N4O5S/c1-6-7-11-33(29,30)26-20-13-18(17-12-19(31-5)22(28)27(4)14-17)24-23(25-20)32-21-15(2)9-8-10-16(21)3/h8-10,12-14H,6-7,11H2,1-5H3,(H,24,25,26). The van der Waals surface area contributed by atoms with Crippen molar-refractivity contribution >= 4 is 15.8 Å². The first kappa shape index (κ1) is 24.2. The van der Waals surface area contributed by atoms with E-state index in [0.29, 0.717) is 23.4 Å². The molecule has 0 saturated heterocycles. The molecule has 0 saturated carbocycles. The maximum atomic E-state index is 12.5. The van der Waals surface area contributed by atoms with Crippen LogP contribution >= 0.6 is 0 Å². The molecule has 0 aliphatic rings. The van der Waals surface area contributed by atoms with Crippen LogP contribution in [-0.4, -0.2) is 35.8 Å². The molecule has 0 radical (unpaired) electrons. The van der Waals surface area contributed by atoms with Crippen LogP contribution in [0.25, 0.3) is 11.3 Å². The number of benzene rings is 1. The summed E-state index contributed by atoms with van der Waals surface area (Å²) < 4.78 is 40.1. The summed E-state index contributed by atoms with van der Waals surface area (Å²) >= 11 is 0. The highest BCUT2D eigenvalue weighted by Gasteiger charge is 2.17. The monoisotopic (exact) mass is 472 g/mol. The topological polar surface area (TPSA) is 112 Å². The van der Waals surface area contributed by atoms with Crippen molar-refractivity contribution in [2.45, 2.75) is 33.6 Å². The molecular formula is C23H28N4O5S. The number of nitrogens with one attached hydrogen (secondary N) is 1. The van der Waals surface area contributed by atoms with Crippen molar-refractivity contribution in [1.29, 1.82) is 0 Å².